The highest BCUT2D eigenvalue weighted by molar-refractivity contribution is 7.11. The van der Waals surface area contributed by atoms with E-state index in [9.17, 15) is 0 Å². The van der Waals surface area contributed by atoms with Crippen molar-refractivity contribution in [3.8, 4) is 17.2 Å². The number of ether oxygens (including phenoxy) is 3. The van der Waals surface area contributed by atoms with E-state index in [1.54, 1.807) is 32.7 Å². The lowest BCUT2D eigenvalue weighted by Crippen LogP contribution is -2.01. The van der Waals surface area contributed by atoms with Crippen LogP contribution in [0.15, 0.2) is 12.1 Å². The summed E-state index contributed by atoms with van der Waals surface area (Å²) in [5, 5.41) is 4.45. The first kappa shape index (κ1) is 15.4. The Morgan fingerprint density at radius 1 is 1.05 bits per heavy atom. The van der Waals surface area contributed by atoms with E-state index < -0.39 is 0 Å². The van der Waals surface area contributed by atoms with Crippen molar-refractivity contribution in [3.63, 3.8) is 0 Å². The van der Waals surface area contributed by atoms with Gasteiger partial charge < -0.3 is 19.5 Å². The maximum Gasteiger partial charge on any atom is 0.203 e. The number of hydrogen-bond donors (Lipinski definition) is 1. The Hall–Kier alpha value is -1.95. The standard InChI is InChI=1S/C15H20N2O3S/c1-9-14(21-10(2)17-9)8-16-11-6-12(18-3)15(20-5)13(7-11)19-4/h6-7,16H,8H2,1-5H3. The van der Waals surface area contributed by atoms with Gasteiger partial charge >= 0.3 is 0 Å². The molecule has 114 valence electrons. The molecule has 5 nitrogen and oxygen atoms in total. The molecule has 0 saturated heterocycles. The molecule has 0 fully saturated rings. The highest BCUT2D eigenvalue weighted by Crippen LogP contribution is 2.40. The third kappa shape index (κ3) is 3.39. The lowest BCUT2D eigenvalue weighted by atomic mass is 10.2. The number of hydrogen-bond acceptors (Lipinski definition) is 6. The van der Waals surface area contributed by atoms with Gasteiger partial charge in [0.25, 0.3) is 0 Å². The normalized spacial score (nSPS) is 10.3. The number of aryl methyl sites for hydroxylation is 2. The molecular weight excluding hydrogens is 288 g/mol. The molecule has 0 atom stereocenters. The summed E-state index contributed by atoms with van der Waals surface area (Å²) >= 11 is 1.70. The summed E-state index contributed by atoms with van der Waals surface area (Å²) < 4.78 is 16.0. The number of nitrogens with one attached hydrogen (secondary N) is 1. The van der Waals surface area contributed by atoms with E-state index in [1.807, 2.05) is 26.0 Å². The fourth-order valence-electron chi connectivity index (χ4n) is 2.10. The smallest absolute Gasteiger partial charge is 0.203 e. The van der Waals surface area contributed by atoms with E-state index in [1.165, 1.54) is 4.88 Å². The number of benzene rings is 1. The zero-order valence-electron chi connectivity index (χ0n) is 12.9. The van der Waals surface area contributed by atoms with Crippen molar-refractivity contribution in [1.82, 2.24) is 4.98 Å². The van der Waals surface area contributed by atoms with Crippen molar-refractivity contribution in [1.29, 1.82) is 0 Å². The minimum atomic E-state index is 0.593. The summed E-state index contributed by atoms with van der Waals surface area (Å²) in [6.45, 7) is 4.76. The zero-order valence-corrected chi connectivity index (χ0v) is 13.8. The predicted molar refractivity (Wildman–Crippen MR) is 85.0 cm³/mol. The van der Waals surface area contributed by atoms with Crippen LogP contribution in [0.2, 0.25) is 0 Å². The van der Waals surface area contributed by atoms with Crippen LogP contribution >= 0.6 is 11.3 Å². The quantitative estimate of drug-likeness (QED) is 0.886. The van der Waals surface area contributed by atoms with Crippen LogP contribution in [0.5, 0.6) is 17.2 Å². The molecule has 1 aromatic carbocycles. The van der Waals surface area contributed by atoms with Gasteiger partial charge in [0, 0.05) is 22.7 Å². The van der Waals surface area contributed by atoms with E-state index in [4.69, 9.17) is 14.2 Å². The van der Waals surface area contributed by atoms with Crippen molar-refractivity contribution in [2.75, 3.05) is 26.6 Å². The Kier molecular flexibility index (Phi) is 4.90. The zero-order chi connectivity index (χ0) is 15.4. The summed E-state index contributed by atoms with van der Waals surface area (Å²) in [7, 11) is 4.81. The minimum Gasteiger partial charge on any atom is -0.493 e. The Balaban J connectivity index is 2.22. The summed E-state index contributed by atoms with van der Waals surface area (Å²) in [6, 6.07) is 3.79. The summed E-state index contributed by atoms with van der Waals surface area (Å²) in [6.07, 6.45) is 0. The van der Waals surface area contributed by atoms with Gasteiger partial charge in [0.2, 0.25) is 5.75 Å². The van der Waals surface area contributed by atoms with E-state index >= 15 is 0 Å². The molecule has 0 bridgehead atoms. The van der Waals surface area contributed by atoms with Crippen molar-refractivity contribution in [2.24, 2.45) is 0 Å². The van der Waals surface area contributed by atoms with Gasteiger partial charge in [0.05, 0.1) is 38.6 Å². The molecule has 0 unspecified atom stereocenters. The number of thiazole rings is 1. The van der Waals surface area contributed by atoms with Crippen LogP contribution in [0.4, 0.5) is 5.69 Å². The molecule has 0 aliphatic heterocycles. The van der Waals surface area contributed by atoms with Gasteiger partial charge in [0.15, 0.2) is 11.5 Å². The molecule has 0 aliphatic carbocycles. The Labute approximate surface area is 128 Å². The Morgan fingerprint density at radius 3 is 2.10 bits per heavy atom. The van der Waals surface area contributed by atoms with Crippen LogP contribution in [0, 0.1) is 13.8 Å². The first-order valence-corrected chi connectivity index (χ1v) is 7.37. The van der Waals surface area contributed by atoms with Crippen LogP contribution in [0.1, 0.15) is 15.6 Å². The average molecular weight is 308 g/mol. The molecule has 21 heavy (non-hydrogen) atoms. The molecule has 0 radical (unpaired) electrons. The number of anilines is 1. The molecule has 0 spiro atoms. The summed E-state index contributed by atoms with van der Waals surface area (Å²) in [4.78, 5) is 5.65. The molecule has 1 aromatic heterocycles. The highest BCUT2D eigenvalue weighted by Gasteiger charge is 2.13. The number of methoxy groups -OCH3 is 3. The largest absolute Gasteiger partial charge is 0.493 e. The third-order valence-electron chi connectivity index (χ3n) is 3.12. The number of aromatic nitrogens is 1. The third-order valence-corrected chi connectivity index (χ3v) is 4.19. The molecule has 2 rings (SSSR count). The second kappa shape index (κ2) is 6.67. The molecule has 0 saturated carbocycles. The molecule has 2 aromatic rings. The average Bonchev–Trinajstić information content (AvgIpc) is 2.81. The summed E-state index contributed by atoms with van der Waals surface area (Å²) in [5.41, 5.74) is 1.98. The Bertz CT molecular complexity index is 600. The van der Waals surface area contributed by atoms with Crippen LogP contribution < -0.4 is 19.5 Å². The number of nitrogens with zero attached hydrogens (tertiary/aromatic N) is 1. The first-order chi connectivity index (χ1) is 10.1. The SMILES string of the molecule is COc1cc(NCc2sc(C)nc2C)cc(OC)c1OC. The van der Waals surface area contributed by atoms with Crippen molar-refractivity contribution in [3.05, 3.63) is 27.7 Å². The number of rotatable bonds is 6. The first-order valence-electron chi connectivity index (χ1n) is 6.55. The minimum absolute atomic E-state index is 0.593. The maximum atomic E-state index is 5.34. The van der Waals surface area contributed by atoms with E-state index in [2.05, 4.69) is 10.3 Å². The second-order valence-corrected chi connectivity index (χ2v) is 5.80. The lowest BCUT2D eigenvalue weighted by molar-refractivity contribution is 0.324. The van der Waals surface area contributed by atoms with Gasteiger partial charge in [-0.2, -0.15) is 0 Å². The van der Waals surface area contributed by atoms with E-state index in [0.29, 0.717) is 17.2 Å². The van der Waals surface area contributed by atoms with E-state index in [0.717, 1.165) is 22.9 Å². The predicted octanol–water partition coefficient (Wildman–Crippen LogP) is 3.40. The monoisotopic (exact) mass is 308 g/mol. The van der Waals surface area contributed by atoms with Crippen molar-refractivity contribution in [2.45, 2.75) is 20.4 Å². The molecule has 1 heterocycles. The van der Waals surface area contributed by atoms with Crippen LogP contribution in [-0.4, -0.2) is 26.3 Å². The van der Waals surface area contributed by atoms with Gasteiger partial charge in [-0.1, -0.05) is 0 Å². The lowest BCUT2D eigenvalue weighted by Gasteiger charge is -2.15. The van der Waals surface area contributed by atoms with Crippen LogP contribution in [-0.2, 0) is 6.54 Å². The Morgan fingerprint density at radius 2 is 1.67 bits per heavy atom. The highest BCUT2D eigenvalue weighted by atomic mass is 32.1. The van der Waals surface area contributed by atoms with Crippen molar-refractivity contribution >= 4 is 17.0 Å². The fraction of sp³-hybridized carbons (Fsp3) is 0.400. The fourth-order valence-corrected chi connectivity index (χ4v) is 2.98. The van der Waals surface area contributed by atoms with Gasteiger partial charge in [-0.05, 0) is 13.8 Å². The molecule has 0 amide bonds. The van der Waals surface area contributed by atoms with Gasteiger partial charge in [0.1, 0.15) is 0 Å². The van der Waals surface area contributed by atoms with E-state index in [-0.39, 0.29) is 0 Å². The van der Waals surface area contributed by atoms with Crippen LogP contribution in [0.3, 0.4) is 0 Å². The van der Waals surface area contributed by atoms with Gasteiger partial charge in [-0.15, -0.1) is 11.3 Å². The van der Waals surface area contributed by atoms with Gasteiger partial charge in [-0.3, -0.25) is 0 Å². The van der Waals surface area contributed by atoms with Gasteiger partial charge in [-0.25, -0.2) is 4.98 Å². The molecular formula is C15H20N2O3S. The van der Waals surface area contributed by atoms with Crippen molar-refractivity contribution < 1.29 is 14.2 Å². The summed E-state index contributed by atoms with van der Waals surface area (Å²) in [5.74, 6) is 1.86. The second-order valence-electron chi connectivity index (χ2n) is 4.51. The maximum absolute atomic E-state index is 5.34. The van der Waals surface area contributed by atoms with Crippen LogP contribution in [0.25, 0.3) is 0 Å². The topological polar surface area (TPSA) is 52.6 Å². The molecule has 6 heteroatoms. The molecule has 0 aliphatic rings. The molecule has 1 N–H and O–H groups in total.